The molecule has 0 bridgehead atoms. The standard InChI is InChI=1S/C12H17FN2/c1-2-4-10-5-3-8-15(10)11-6-7-14-12(13)9-11/h6-7,9-10H,2-5,8H2,1H3. The first kappa shape index (κ1) is 10.4. The number of rotatable bonds is 3. The van der Waals surface area contributed by atoms with E-state index >= 15 is 0 Å². The van der Waals surface area contributed by atoms with E-state index < -0.39 is 0 Å². The number of halogens is 1. The number of aromatic nitrogens is 1. The lowest BCUT2D eigenvalue weighted by atomic mass is 10.1. The topological polar surface area (TPSA) is 16.1 Å². The third kappa shape index (κ3) is 2.28. The minimum atomic E-state index is -0.380. The molecule has 0 aliphatic carbocycles. The monoisotopic (exact) mass is 208 g/mol. The second kappa shape index (κ2) is 4.60. The van der Waals surface area contributed by atoms with Crippen molar-refractivity contribution >= 4 is 5.69 Å². The first-order chi connectivity index (χ1) is 7.31. The van der Waals surface area contributed by atoms with E-state index in [0.29, 0.717) is 6.04 Å². The highest BCUT2D eigenvalue weighted by atomic mass is 19.1. The molecular weight excluding hydrogens is 191 g/mol. The summed E-state index contributed by atoms with van der Waals surface area (Å²) in [6, 6.07) is 4.03. The molecule has 1 aromatic rings. The second-order valence-corrected chi connectivity index (χ2v) is 4.11. The van der Waals surface area contributed by atoms with Gasteiger partial charge in [-0.15, -0.1) is 0 Å². The average Bonchev–Trinajstić information content (AvgIpc) is 2.66. The second-order valence-electron chi connectivity index (χ2n) is 4.11. The highest BCUT2D eigenvalue weighted by Gasteiger charge is 2.23. The van der Waals surface area contributed by atoms with Gasteiger partial charge in [-0.1, -0.05) is 13.3 Å². The summed E-state index contributed by atoms with van der Waals surface area (Å²) < 4.78 is 13.0. The summed E-state index contributed by atoms with van der Waals surface area (Å²) in [7, 11) is 0. The largest absolute Gasteiger partial charge is 0.368 e. The van der Waals surface area contributed by atoms with E-state index in [1.54, 1.807) is 6.20 Å². The summed E-state index contributed by atoms with van der Waals surface area (Å²) >= 11 is 0. The Kier molecular flexibility index (Phi) is 3.19. The molecule has 1 atom stereocenters. The Morgan fingerprint density at radius 1 is 1.60 bits per heavy atom. The van der Waals surface area contributed by atoms with Crippen molar-refractivity contribution in [3.63, 3.8) is 0 Å². The molecule has 0 radical (unpaired) electrons. The molecule has 1 aromatic heterocycles. The summed E-state index contributed by atoms with van der Waals surface area (Å²) in [5.74, 6) is -0.380. The predicted molar refractivity (Wildman–Crippen MR) is 59.5 cm³/mol. The summed E-state index contributed by atoms with van der Waals surface area (Å²) in [4.78, 5) is 5.90. The van der Waals surface area contributed by atoms with Gasteiger partial charge in [-0.2, -0.15) is 4.39 Å². The average molecular weight is 208 g/mol. The molecule has 0 aromatic carbocycles. The maximum Gasteiger partial charge on any atom is 0.214 e. The van der Waals surface area contributed by atoms with Crippen molar-refractivity contribution in [3.05, 3.63) is 24.3 Å². The molecule has 1 aliphatic heterocycles. The van der Waals surface area contributed by atoms with E-state index in [4.69, 9.17) is 0 Å². The number of hydrogen-bond donors (Lipinski definition) is 0. The summed E-state index contributed by atoms with van der Waals surface area (Å²) in [6.07, 6.45) is 6.39. The van der Waals surface area contributed by atoms with E-state index in [-0.39, 0.29) is 5.95 Å². The van der Waals surface area contributed by atoms with E-state index in [1.165, 1.54) is 31.7 Å². The molecule has 2 heterocycles. The van der Waals surface area contributed by atoms with Crippen LogP contribution in [0.2, 0.25) is 0 Å². The van der Waals surface area contributed by atoms with Gasteiger partial charge in [0.2, 0.25) is 5.95 Å². The van der Waals surface area contributed by atoms with Gasteiger partial charge in [-0.05, 0) is 25.3 Å². The quantitative estimate of drug-likeness (QED) is 0.710. The Morgan fingerprint density at radius 2 is 2.47 bits per heavy atom. The van der Waals surface area contributed by atoms with Gasteiger partial charge in [0.25, 0.3) is 0 Å². The van der Waals surface area contributed by atoms with E-state index in [9.17, 15) is 4.39 Å². The maximum absolute atomic E-state index is 13.0. The molecule has 15 heavy (non-hydrogen) atoms. The molecule has 0 saturated carbocycles. The number of nitrogens with zero attached hydrogens (tertiary/aromatic N) is 2. The van der Waals surface area contributed by atoms with Crippen LogP contribution in [0.15, 0.2) is 18.3 Å². The zero-order chi connectivity index (χ0) is 10.7. The van der Waals surface area contributed by atoms with E-state index in [1.807, 2.05) is 6.07 Å². The van der Waals surface area contributed by atoms with Crippen molar-refractivity contribution in [1.82, 2.24) is 4.98 Å². The summed E-state index contributed by atoms with van der Waals surface area (Å²) in [5, 5.41) is 0. The molecule has 1 fully saturated rings. The number of hydrogen-bond acceptors (Lipinski definition) is 2. The third-order valence-corrected chi connectivity index (χ3v) is 3.04. The first-order valence-corrected chi connectivity index (χ1v) is 5.69. The molecule has 2 nitrogen and oxygen atoms in total. The van der Waals surface area contributed by atoms with Crippen molar-refractivity contribution in [1.29, 1.82) is 0 Å². The van der Waals surface area contributed by atoms with Crippen LogP contribution in [0, 0.1) is 5.95 Å². The van der Waals surface area contributed by atoms with Crippen LogP contribution in [0.3, 0.4) is 0 Å². The van der Waals surface area contributed by atoms with Gasteiger partial charge in [-0.25, -0.2) is 4.98 Å². The Morgan fingerprint density at radius 3 is 3.20 bits per heavy atom. The molecule has 82 valence electrons. The zero-order valence-corrected chi connectivity index (χ0v) is 9.12. The van der Waals surface area contributed by atoms with Crippen LogP contribution in [0.4, 0.5) is 10.1 Å². The van der Waals surface area contributed by atoms with E-state index in [0.717, 1.165) is 12.2 Å². The smallest absolute Gasteiger partial charge is 0.214 e. The predicted octanol–water partition coefficient (Wildman–Crippen LogP) is 2.99. The minimum Gasteiger partial charge on any atom is -0.368 e. The van der Waals surface area contributed by atoms with Gasteiger partial charge in [-0.3, -0.25) is 0 Å². The van der Waals surface area contributed by atoms with Crippen molar-refractivity contribution in [2.45, 2.75) is 38.6 Å². The van der Waals surface area contributed by atoms with Crippen LogP contribution in [0.1, 0.15) is 32.6 Å². The van der Waals surface area contributed by atoms with Crippen molar-refractivity contribution in [2.75, 3.05) is 11.4 Å². The lowest BCUT2D eigenvalue weighted by molar-refractivity contribution is 0.575. The van der Waals surface area contributed by atoms with Gasteiger partial charge in [0.1, 0.15) is 0 Å². The van der Waals surface area contributed by atoms with E-state index in [2.05, 4.69) is 16.8 Å². The highest BCUT2D eigenvalue weighted by Crippen LogP contribution is 2.27. The fraction of sp³-hybridized carbons (Fsp3) is 0.583. The lowest BCUT2D eigenvalue weighted by Crippen LogP contribution is -2.28. The molecule has 1 saturated heterocycles. The molecular formula is C12H17FN2. The normalized spacial score (nSPS) is 20.9. The van der Waals surface area contributed by atoms with Crippen LogP contribution in [-0.4, -0.2) is 17.6 Å². The van der Waals surface area contributed by atoms with Crippen LogP contribution < -0.4 is 4.90 Å². The third-order valence-electron chi connectivity index (χ3n) is 3.04. The summed E-state index contributed by atoms with van der Waals surface area (Å²) in [5.41, 5.74) is 0.985. The number of anilines is 1. The lowest BCUT2D eigenvalue weighted by Gasteiger charge is -2.26. The fourth-order valence-corrected chi connectivity index (χ4v) is 2.38. The van der Waals surface area contributed by atoms with Crippen LogP contribution in [0.5, 0.6) is 0 Å². The summed E-state index contributed by atoms with van der Waals surface area (Å²) in [6.45, 7) is 3.25. The van der Waals surface area contributed by atoms with Crippen molar-refractivity contribution in [3.8, 4) is 0 Å². The molecule has 3 heteroatoms. The van der Waals surface area contributed by atoms with Crippen molar-refractivity contribution in [2.24, 2.45) is 0 Å². The van der Waals surface area contributed by atoms with Crippen LogP contribution in [0.25, 0.3) is 0 Å². The van der Waals surface area contributed by atoms with Gasteiger partial charge >= 0.3 is 0 Å². The Hall–Kier alpha value is -1.12. The van der Waals surface area contributed by atoms with Crippen molar-refractivity contribution < 1.29 is 4.39 Å². The molecule has 1 aliphatic rings. The Balaban J connectivity index is 2.15. The van der Waals surface area contributed by atoms with Gasteiger partial charge in [0, 0.05) is 30.5 Å². The van der Waals surface area contributed by atoms with Crippen LogP contribution in [-0.2, 0) is 0 Å². The fourth-order valence-electron chi connectivity index (χ4n) is 2.38. The molecule has 1 unspecified atom stereocenters. The van der Waals surface area contributed by atoms with Gasteiger partial charge < -0.3 is 4.90 Å². The molecule has 2 rings (SSSR count). The molecule has 0 N–H and O–H groups in total. The van der Waals surface area contributed by atoms with Gasteiger partial charge in [0.15, 0.2) is 0 Å². The zero-order valence-electron chi connectivity index (χ0n) is 9.12. The first-order valence-electron chi connectivity index (χ1n) is 5.69. The Bertz CT molecular complexity index is 327. The van der Waals surface area contributed by atoms with Gasteiger partial charge in [0.05, 0.1) is 0 Å². The minimum absolute atomic E-state index is 0.380. The molecule has 0 spiro atoms. The maximum atomic E-state index is 13.0. The highest BCUT2D eigenvalue weighted by molar-refractivity contribution is 5.47. The Labute approximate surface area is 90.1 Å². The number of pyridine rings is 1. The molecule has 0 amide bonds. The van der Waals surface area contributed by atoms with Crippen LogP contribution >= 0.6 is 0 Å². The SMILES string of the molecule is CCCC1CCCN1c1ccnc(F)c1.